The van der Waals surface area contributed by atoms with Gasteiger partial charge in [0.2, 0.25) is 11.6 Å². The van der Waals surface area contributed by atoms with Gasteiger partial charge in [0.25, 0.3) is 11.5 Å². The molecule has 7 heteroatoms. The van der Waals surface area contributed by atoms with Crippen molar-refractivity contribution in [2.24, 2.45) is 5.92 Å². The minimum absolute atomic E-state index is 0.0338. The summed E-state index contributed by atoms with van der Waals surface area (Å²) in [7, 11) is 2.62. The highest BCUT2D eigenvalue weighted by atomic mass is 16.5. The van der Waals surface area contributed by atoms with E-state index >= 15 is 0 Å². The molecule has 0 fully saturated rings. The van der Waals surface area contributed by atoms with Gasteiger partial charge in [0, 0.05) is 6.54 Å². The van der Waals surface area contributed by atoms with Crippen molar-refractivity contribution in [2.45, 2.75) is 20.3 Å². The third kappa shape index (κ3) is 3.23. The Morgan fingerprint density at radius 1 is 1.40 bits per heavy atom. The standard InChI is InChI=1S/C13H20N2O5/c1-5-7(2)6-14-11(17)8-9(16)10(19-3)13(20-4)15-12(8)18/h7H,5-6H2,1-4H3,(H,14,17)(H2,15,16,18). The molecule has 0 aliphatic rings. The van der Waals surface area contributed by atoms with Gasteiger partial charge in [-0.3, -0.25) is 14.6 Å². The Labute approximate surface area is 116 Å². The molecule has 20 heavy (non-hydrogen) atoms. The third-order valence-electron chi connectivity index (χ3n) is 3.06. The van der Waals surface area contributed by atoms with Gasteiger partial charge in [-0.05, 0) is 5.92 Å². The van der Waals surface area contributed by atoms with Crippen molar-refractivity contribution in [1.82, 2.24) is 10.3 Å². The fourth-order valence-electron chi connectivity index (χ4n) is 1.59. The van der Waals surface area contributed by atoms with Crippen LogP contribution < -0.4 is 20.3 Å². The van der Waals surface area contributed by atoms with Gasteiger partial charge in [0.1, 0.15) is 0 Å². The molecule has 0 saturated carbocycles. The molecule has 3 N–H and O–H groups in total. The molecule has 1 aromatic heterocycles. The minimum atomic E-state index is -0.734. The van der Waals surface area contributed by atoms with Crippen LogP contribution in [-0.2, 0) is 0 Å². The number of ether oxygens (including phenoxy) is 2. The molecule has 1 rings (SSSR count). The van der Waals surface area contributed by atoms with Crippen molar-refractivity contribution in [3.05, 3.63) is 15.9 Å². The fourth-order valence-corrected chi connectivity index (χ4v) is 1.59. The predicted molar refractivity (Wildman–Crippen MR) is 73.6 cm³/mol. The first kappa shape index (κ1) is 15.9. The van der Waals surface area contributed by atoms with E-state index in [1.165, 1.54) is 14.2 Å². The number of aromatic hydroxyl groups is 1. The Balaban J connectivity index is 3.12. The van der Waals surface area contributed by atoms with E-state index in [1.807, 2.05) is 13.8 Å². The molecule has 1 heterocycles. The van der Waals surface area contributed by atoms with E-state index in [0.717, 1.165) is 6.42 Å². The number of aromatic nitrogens is 1. The van der Waals surface area contributed by atoms with Gasteiger partial charge in [-0.1, -0.05) is 20.3 Å². The first-order chi connectivity index (χ1) is 9.46. The Kier molecular flexibility index (Phi) is 5.42. The van der Waals surface area contributed by atoms with E-state index in [0.29, 0.717) is 6.54 Å². The SMILES string of the molecule is CCC(C)CNC(=O)c1c(O)c(OC)c(OC)[nH]c1=O. The number of methoxy groups -OCH3 is 2. The molecule has 1 amide bonds. The van der Waals surface area contributed by atoms with Crippen LogP contribution in [0.4, 0.5) is 0 Å². The van der Waals surface area contributed by atoms with E-state index in [1.54, 1.807) is 0 Å². The third-order valence-corrected chi connectivity index (χ3v) is 3.06. The van der Waals surface area contributed by atoms with Gasteiger partial charge in [0.05, 0.1) is 14.2 Å². The normalized spacial score (nSPS) is 11.8. The number of amides is 1. The van der Waals surface area contributed by atoms with Crippen LogP contribution in [0.1, 0.15) is 30.6 Å². The smallest absolute Gasteiger partial charge is 0.267 e. The fraction of sp³-hybridized carbons (Fsp3) is 0.538. The number of rotatable bonds is 6. The van der Waals surface area contributed by atoms with Gasteiger partial charge in [-0.25, -0.2) is 0 Å². The second kappa shape index (κ2) is 6.83. The summed E-state index contributed by atoms with van der Waals surface area (Å²) < 4.78 is 9.81. The van der Waals surface area contributed by atoms with Crippen molar-refractivity contribution in [3.8, 4) is 17.4 Å². The van der Waals surface area contributed by atoms with Gasteiger partial charge in [-0.2, -0.15) is 0 Å². The lowest BCUT2D eigenvalue weighted by atomic mass is 10.1. The van der Waals surface area contributed by atoms with Crippen molar-refractivity contribution >= 4 is 5.91 Å². The Morgan fingerprint density at radius 2 is 2.05 bits per heavy atom. The maximum Gasteiger partial charge on any atom is 0.267 e. The summed E-state index contributed by atoms with van der Waals surface area (Å²) >= 11 is 0. The summed E-state index contributed by atoms with van der Waals surface area (Å²) in [6.45, 7) is 4.39. The van der Waals surface area contributed by atoms with Crippen LogP contribution in [0.2, 0.25) is 0 Å². The van der Waals surface area contributed by atoms with Crippen LogP contribution in [0.25, 0.3) is 0 Å². The van der Waals surface area contributed by atoms with Crippen LogP contribution in [0.3, 0.4) is 0 Å². The Bertz CT molecular complexity index is 538. The van der Waals surface area contributed by atoms with Gasteiger partial charge in [-0.15, -0.1) is 0 Å². The summed E-state index contributed by atoms with van der Waals surface area (Å²) in [6.07, 6.45) is 0.897. The first-order valence-electron chi connectivity index (χ1n) is 6.31. The molecular formula is C13H20N2O5. The van der Waals surface area contributed by atoms with Crippen LogP contribution in [0, 0.1) is 5.92 Å². The lowest BCUT2D eigenvalue weighted by Gasteiger charge is -2.13. The highest BCUT2D eigenvalue weighted by Crippen LogP contribution is 2.34. The number of H-pyrrole nitrogens is 1. The number of carbonyl (C=O) groups is 1. The lowest BCUT2D eigenvalue weighted by Crippen LogP contribution is -2.32. The van der Waals surface area contributed by atoms with Crippen LogP contribution >= 0.6 is 0 Å². The molecule has 1 aromatic rings. The summed E-state index contributed by atoms with van der Waals surface area (Å²) in [5.74, 6) is -1.02. The number of hydrogen-bond donors (Lipinski definition) is 3. The first-order valence-corrected chi connectivity index (χ1v) is 6.31. The Morgan fingerprint density at radius 3 is 2.55 bits per heavy atom. The molecule has 0 radical (unpaired) electrons. The van der Waals surface area contributed by atoms with E-state index in [4.69, 9.17) is 9.47 Å². The number of hydrogen-bond acceptors (Lipinski definition) is 5. The molecule has 7 nitrogen and oxygen atoms in total. The number of nitrogens with one attached hydrogen (secondary N) is 2. The molecule has 1 atom stereocenters. The van der Waals surface area contributed by atoms with E-state index in [2.05, 4.69) is 10.3 Å². The highest BCUT2D eigenvalue weighted by Gasteiger charge is 2.23. The van der Waals surface area contributed by atoms with Crippen molar-refractivity contribution in [2.75, 3.05) is 20.8 Å². The topological polar surface area (TPSA) is 101 Å². The summed E-state index contributed by atoms with van der Waals surface area (Å²) in [4.78, 5) is 26.2. The molecular weight excluding hydrogens is 264 g/mol. The lowest BCUT2D eigenvalue weighted by molar-refractivity contribution is 0.0942. The molecule has 0 bridgehead atoms. The molecule has 0 aliphatic heterocycles. The van der Waals surface area contributed by atoms with Crippen molar-refractivity contribution in [3.63, 3.8) is 0 Å². The quantitative estimate of drug-likeness (QED) is 0.719. The van der Waals surface area contributed by atoms with Crippen LogP contribution in [0.5, 0.6) is 17.4 Å². The largest absolute Gasteiger partial charge is 0.503 e. The predicted octanol–water partition coefficient (Wildman–Crippen LogP) is 0.874. The van der Waals surface area contributed by atoms with Crippen molar-refractivity contribution in [1.29, 1.82) is 0 Å². The highest BCUT2D eigenvalue weighted by molar-refractivity contribution is 5.97. The van der Waals surface area contributed by atoms with E-state index < -0.39 is 17.2 Å². The summed E-state index contributed by atoms with van der Waals surface area (Å²) in [6, 6.07) is 0. The molecule has 0 aliphatic carbocycles. The van der Waals surface area contributed by atoms with Crippen LogP contribution in [-0.4, -0.2) is 36.8 Å². The average molecular weight is 284 g/mol. The zero-order valence-corrected chi connectivity index (χ0v) is 12.1. The number of carbonyl (C=O) groups excluding carboxylic acids is 1. The molecule has 0 spiro atoms. The molecule has 0 saturated heterocycles. The zero-order chi connectivity index (χ0) is 15.3. The zero-order valence-electron chi connectivity index (χ0n) is 12.1. The maximum atomic E-state index is 12.0. The number of aromatic amines is 1. The van der Waals surface area contributed by atoms with E-state index in [9.17, 15) is 14.7 Å². The summed E-state index contributed by atoms with van der Waals surface area (Å²) in [5, 5.41) is 12.6. The molecule has 112 valence electrons. The van der Waals surface area contributed by atoms with Gasteiger partial charge < -0.3 is 19.9 Å². The monoisotopic (exact) mass is 284 g/mol. The number of pyridine rings is 1. The maximum absolute atomic E-state index is 12.0. The van der Waals surface area contributed by atoms with Gasteiger partial charge in [0.15, 0.2) is 11.3 Å². The molecule has 0 aromatic carbocycles. The molecule has 1 unspecified atom stereocenters. The Hall–Kier alpha value is -2.18. The second-order valence-electron chi connectivity index (χ2n) is 4.47. The van der Waals surface area contributed by atoms with Crippen molar-refractivity contribution < 1.29 is 19.4 Å². The minimum Gasteiger partial charge on any atom is -0.503 e. The van der Waals surface area contributed by atoms with E-state index in [-0.39, 0.29) is 23.1 Å². The summed E-state index contributed by atoms with van der Waals surface area (Å²) in [5.41, 5.74) is -1.12. The second-order valence-corrected chi connectivity index (χ2v) is 4.47. The van der Waals surface area contributed by atoms with Crippen LogP contribution in [0.15, 0.2) is 4.79 Å². The average Bonchev–Trinajstić information content (AvgIpc) is 2.43. The van der Waals surface area contributed by atoms with Gasteiger partial charge >= 0.3 is 0 Å².